The highest BCUT2D eigenvalue weighted by molar-refractivity contribution is 5.84. The van der Waals surface area contributed by atoms with Gasteiger partial charge in [0.05, 0.1) is 12.3 Å². The number of ether oxygens (including phenoxy) is 1. The third kappa shape index (κ3) is 5.21. The maximum absolute atomic E-state index is 11.3. The summed E-state index contributed by atoms with van der Waals surface area (Å²) < 4.78 is 11.6. The third-order valence-corrected chi connectivity index (χ3v) is 4.06. The van der Waals surface area contributed by atoms with E-state index in [-0.39, 0.29) is 11.3 Å². The van der Waals surface area contributed by atoms with E-state index >= 15 is 0 Å². The highest BCUT2D eigenvalue weighted by Crippen LogP contribution is 2.33. The van der Waals surface area contributed by atoms with E-state index in [9.17, 15) is 4.79 Å². The molecule has 25 heavy (non-hydrogen) atoms. The van der Waals surface area contributed by atoms with Crippen molar-refractivity contribution in [2.45, 2.75) is 59.8 Å². The van der Waals surface area contributed by atoms with Gasteiger partial charge in [0.1, 0.15) is 5.75 Å². The maximum atomic E-state index is 11.3. The van der Waals surface area contributed by atoms with E-state index in [2.05, 4.69) is 38.2 Å². The van der Waals surface area contributed by atoms with E-state index in [4.69, 9.17) is 9.26 Å². The van der Waals surface area contributed by atoms with Crippen LogP contribution in [-0.2, 0) is 17.6 Å². The van der Waals surface area contributed by atoms with Gasteiger partial charge in [-0.2, -0.15) is 0 Å². The summed E-state index contributed by atoms with van der Waals surface area (Å²) in [6.45, 7) is 9.25. The Labute approximate surface area is 150 Å². The lowest BCUT2D eigenvalue weighted by atomic mass is 9.89. The Morgan fingerprint density at radius 2 is 2.08 bits per heavy atom. The smallest absolute Gasteiger partial charge is 0.219 e. The van der Waals surface area contributed by atoms with E-state index in [1.54, 1.807) is 7.05 Å². The molecule has 0 aliphatic heterocycles. The molecule has 0 saturated carbocycles. The zero-order chi connectivity index (χ0) is 18.4. The van der Waals surface area contributed by atoms with E-state index in [0.717, 1.165) is 47.2 Å². The summed E-state index contributed by atoms with van der Waals surface area (Å²) in [6.07, 6.45) is 3.92. The number of nitrogens with one attached hydrogen (secondary N) is 1. The molecule has 0 radical (unpaired) electrons. The Morgan fingerprint density at radius 3 is 2.72 bits per heavy atom. The van der Waals surface area contributed by atoms with Crippen LogP contribution in [0.15, 0.2) is 16.7 Å². The van der Waals surface area contributed by atoms with Gasteiger partial charge in [-0.25, -0.2) is 0 Å². The monoisotopic (exact) mass is 346 g/mol. The summed E-state index contributed by atoms with van der Waals surface area (Å²) in [5.74, 6) is 0.875. The number of rotatable bonds is 8. The van der Waals surface area contributed by atoms with Crippen LogP contribution in [0.2, 0.25) is 0 Å². The molecule has 0 atom stereocenters. The minimum absolute atomic E-state index is 0.0369. The number of aryl methyl sites for hydroxylation is 1. The molecule has 1 amide bonds. The van der Waals surface area contributed by atoms with Gasteiger partial charge in [-0.15, -0.1) is 0 Å². The Bertz CT molecular complexity index is 714. The first-order valence-corrected chi connectivity index (χ1v) is 9.09. The summed E-state index contributed by atoms with van der Waals surface area (Å²) in [6, 6.07) is 4.05. The number of amides is 1. The Morgan fingerprint density at radius 1 is 1.32 bits per heavy atom. The van der Waals surface area contributed by atoms with E-state index in [1.807, 2.05) is 12.1 Å². The summed E-state index contributed by atoms with van der Waals surface area (Å²) in [5.41, 5.74) is 3.08. The molecule has 1 aromatic carbocycles. The molecule has 2 aromatic rings. The van der Waals surface area contributed by atoms with Gasteiger partial charge in [-0.05, 0) is 36.8 Å². The number of fused-ring (bicyclic) bond motifs is 1. The number of hydrogen-bond donors (Lipinski definition) is 1. The van der Waals surface area contributed by atoms with E-state index in [1.165, 1.54) is 0 Å². The second-order valence-electron chi connectivity index (χ2n) is 7.66. The van der Waals surface area contributed by atoms with Gasteiger partial charge in [0, 0.05) is 24.4 Å². The average molecular weight is 346 g/mol. The van der Waals surface area contributed by atoms with Crippen molar-refractivity contribution in [3.8, 4) is 5.75 Å². The fraction of sp³-hybridized carbons (Fsp3) is 0.600. The quantitative estimate of drug-likeness (QED) is 0.725. The first-order chi connectivity index (χ1) is 11.9. The minimum atomic E-state index is 0.0369. The summed E-state index contributed by atoms with van der Waals surface area (Å²) in [7, 11) is 1.65. The van der Waals surface area contributed by atoms with E-state index in [0.29, 0.717) is 19.4 Å². The Balaban J connectivity index is 2.20. The first kappa shape index (κ1) is 19.3. The van der Waals surface area contributed by atoms with Gasteiger partial charge in [0.25, 0.3) is 0 Å². The number of hydrogen-bond acceptors (Lipinski definition) is 4. The SMILES string of the molecule is CCCc1c(OCCCC(=O)NC)ccc2c(CC(C)(C)C)noc12. The van der Waals surface area contributed by atoms with Crippen LogP contribution in [0.5, 0.6) is 5.75 Å². The van der Waals surface area contributed by atoms with Crippen LogP contribution in [0.25, 0.3) is 11.0 Å². The second-order valence-corrected chi connectivity index (χ2v) is 7.66. The molecule has 1 N–H and O–H groups in total. The summed E-state index contributed by atoms with van der Waals surface area (Å²) in [4.78, 5) is 11.3. The largest absolute Gasteiger partial charge is 0.493 e. The van der Waals surface area contributed by atoms with Crippen molar-refractivity contribution in [1.29, 1.82) is 0 Å². The fourth-order valence-electron chi connectivity index (χ4n) is 2.88. The molecule has 1 heterocycles. The van der Waals surface area contributed by atoms with Gasteiger partial charge in [0.2, 0.25) is 5.91 Å². The third-order valence-electron chi connectivity index (χ3n) is 4.06. The van der Waals surface area contributed by atoms with Gasteiger partial charge in [0.15, 0.2) is 5.58 Å². The number of carbonyl (C=O) groups is 1. The molecule has 1 aromatic heterocycles. The molecule has 0 bridgehead atoms. The topological polar surface area (TPSA) is 64.4 Å². The van der Waals surface area contributed by atoms with Crippen molar-refractivity contribution in [1.82, 2.24) is 10.5 Å². The molecule has 5 heteroatoms. The van der Waals surface area contributed by atoms with Gasteiger partial charge >= 0.3 is 0 Å². The number of benzene rings is 1. The molecule has 0 fully saturated rings. The van der Waals surface area contributed by atoms with E-state index < -0.39 is 0 Å². The Hall–Kier alpha value is -2.04. The molecule has 0 saturated heterocycles. The van der Waals surface area contributed by atoms with Crippen LogP contribution in [0, 0.1) is 5.41 Å². The van der Waals surface area contributed by atoms with Crippen LogP contribution in [0.4, 0.5) is 0 Å². The van der Waals surface area contributed by atoms with Crippen molar-refractivity contribution in [2.75, 3.05) is 13.7 Å². The highest BCUT2D eigenvalue weighted by Gasteiger charge is 2.20. The average Bonchev–Trinajstić information content (AvgIpc) is 2.94. The lowest BCUT2D eigenvalue weighted by molar-refractivity contribution is -0.120. The van der Waals surface area contributed by atoms with Gasteiger partial charge in [-0.1, -0.05) is 39.3 Å². The molecule has 2 rings (SSSR count). The van der Waals surface area contributed by atoms with Crippen LogP contribution in [-0.4, -0.2) is 24.7 Å². The predicted octanol–water partition coefficient (Wildman–Crippen LogP) is 4.27. The highest BCUT2D eigenvalue weighted by atomic mass is 16.5. The first-order valence-electron chi connectivity index (χ1n) is 9.09. The van der Waals surface area contributed by atoms with Gasteiger partial charge in [-0.3, -0.25) is 4.79 Å². The molecule has 0 aliphatic rings. The van der Waals surface area contributed by atoms with Gasteiger partial charge < -0.3 is 14.6 Å². The van der Waals surface area contributed by atoms with Crippen molar-refractivity contribution >= 4 is 16.9 Å². The maximum Gasteiger partial charge on any atom is 0.219 e. The van der Waals surface area contributed by atoms with Crippen LogP contribution in [0.3, 0.4) is 0 Å². The molecule has 0 unspecified atom stereocenters. The zero-order valence-electron chi connectivity index (χ0n) is 16.1. The minimum Gasteiger partial charge on any atom is -0.493 e. The van der Waals surface area contributed by atoms with Crippen molar-refractivity contribution in [3.05, 3.63) is 23.4 Å². The number of carbonyl (C=O) groups excluding carboxylic acids is 1. The van der Waals surface area contributed by atoms with Crippen molar-refractivity contribution < 1.29 is 14.1 Å². The lowest BCUT2D eigenvalue weighted by Crippen LogP contribution is -2.18. The fourth-order valence-corrected chi connectivity index (χ4v) is 2.88. The summed E-state index contributed by atoms with van der Waals surface area (Å²) in [5, 5.41) is 8.01. The standard InChI is InChI=1S/C20H30N2O3/c1-6-8-15-17(24-12-7-9-18(23)21-5)11-10-14-16(13-20(2,3)4)22-25-19(14)15/h10-11H,6-9,12-13H2,1-5H3,(H,21,23). The summed E-state index contributed by atoms with van der Waals surface area (Å²) >= 11 is 0. The zero-order valence-corrected chi connectivity index (χ0v) is 16.1. The molecule has 0 aliphatic carbocycles. The van der Waals surface area contributed by atoms with Crippen LogP contribution in [0.1, 0.15) is 58.2 Å². The van der Waals surface area contributed by atoms with Crippen LogP contribution < -0.4 is 10.1 Å². The lowest BCUT2D eigenvalue weighted by Gasteiger charge is -2.16. The van der Waals surface area contributed by atoms with Crippen LogP contribution >= 0.6 is 0 Å². The van der Waals surface area contributed by atoms with Crippen molar-refractivity contribution in [3.63, 3.8) is 0 Å². The number of aromatic nitrogens is 1. The molecule has 138 valence electrons. The molecular weight excluding hydrogens is 316 g/mol. The molecule has 5 nitrogen and oxygen atoms in total. The normalized spacial score (nSPS) is 11.7. The molecular formula is C20H30N2O3. The number of nitrogens with zero attached hydrogens (tertiary/aromatic N) is 1. The predicted molar refractivity (Wildman–Crippen MR) is 100.0 cm³/mol. The molecule has 0 spiro atoms. The Kier molecular flexibility index (Phi) is 6.45. The van der Waals surface area contributed by atoms with Crippen molar-refractivity contribution in [2.24, 2.45) is 5.41 Å². The second kappa shape index (κ2) is 8.37.